The molecule has 5 rings (SSSR count). The van der Waals surface area contributed by atoms with Gasteiger partial charge < -0.3 is 28.6 Å². The number of fused-ring (bicyclic) bond motifs is 3. The zero-order valence-electron chi connectivity index (χ0n) is 26.4. The van der Waals surface area contributed by atoms with Gasteiger partial charge in [-0.05, 0) is 90.8 Å². The fraction of sp³-hybridized carbons (Fsp3) is 0.371. The number of esters is 1. The Bertz CT molecular complexity index is 1620. The van der Waals surface area contributed by atoms with Gasteiger partial charge in [0.1, 0.15) is 12.6 Å². The first-order valence-electron chi connectivity index (χ1n) is 14.7. The number of carbonyl (C=O) groups excluding carboxylic acids is 1. The molecule has 45 heavy (non-hydrogen) atoms. The Balaban J connectivity index is 1.59. The monoisotopic (exact) mass is 631 g/mol. The number of methoxy groups -OCH3 is 4. The van der Waals surface area contributed by atoms with E-state index in [4.69, 9.17) is 35.3 Å². The molecule has 0 saturated carbocycles. The van der Waals surface area contributed by atoms with Gasteiger partial charge in [0.05, 0.1) is 46.6 Å². The third-order valence-electron chi connectivity index (χ3n) is 8.65. The lowest BCUT2D eigenvalue weighted by atomic mass is 9.82. The molecule has 0 bridgehead atoms. The predicted molar refractivity (Wildman–Crippen MR) is 172 cm³/mol. The van der Waals surface area contributed by atoms with Crippen LogP contribution in [-0.2, 0) is 22.4 Å². The number of ether oxygens (including phenoxy) is 5. The molecule has 9 nitrogen and oxygen atoms in total. The Kier molecular flexibility index (Phi) is 9.88. The summed E-state index contributed by atoms with van der Waals surface area (Å²) in [5.74, 6) is 1.94. The molecule has 2 aliphatic rings. The van der Waals surface area contributed by atoms with Crippen molar-refractivity contribution < 1.29 is 28.5 Å². The maximum Gasteiger partial charge on any atom is 0.330 e. The lowest BCUT2D eigenvalue weighted by Crippen LogP contribution is -2.54. The molecular formula is C35H38ClN3O6. The van der Waals surface area contributed by atoms with Gasteiger partial charge in [0, 0.05) is 23.6 Å². The Morgan fingerprint density at radius 3 is 2.02 bits per heavy atom. The maximum atomic E-state index is 13.0. The van der Waals surface area contributed by atoms with Gasteiger partial charge >= 0.3 is 5.97 Å². The first-order valence-corrected chi connectivity index (χ1v) is 15.0. The Morgan fingerprint density at radius 1 is 0.911 bits per heavy atom. The zero-order chi connectivity index (χ0) is 32.2. The average Bonchev–Trinajstić information content (AvgIpc) is 3.18. The maximum absolute atomic E-state index is 13.0. The number of nitriles is 1. The van der Waals surface area contributed by atoms with Gasteiger partial charge in [-0.2, -0.15) is 5.26 Å². The summed E-state index contributed by atoms with van der Waals surface area (Å²) in [7, 11) is 10.5. The summed E-state index contributed by atoms with van der Waals surface area (Å²) in [6.07, 6.45) is 4.18. The number of rotatable bonds is 9. The first-order chi connectivity index (χ1) is 21.7. The minimum absolute atomic E-state index is 0.0318. The molecule has 3 aromatic carbocycles. The molecule has 0 aliphatic carbocycles. The largest absolute Gasteiger partial charge is 0.493 e. The molecule has 0 saturated heterocycles. The minimum atomic E-state index is -0.522. The summed E-state index contributed by atoms with van der Waals surface area (Å²) in [6, 6.07) is 16.5. The fourth-order valence-electron chi connectivity index (χ4n) is 6.64. The second kappa shape index (κ2) is 13.8. The van der Waals surface area contributed by atoms with Crippen LogP contribution in [-0.4, -0.2) is 77.0 Å². The standard InChI is InChI=1S/C35H38ClN3O6/c1-38(2)35-27-18-33(44-6)30(41-3)15-22(27)13-25(19-37)39-28(35)14-23-16-31(42-4)32(43-5)17-26(23)29(39)20-45-34(40)12-9-21-7-10-24(36)11-8-21/h7-12,15-18,25,28-29,35H,13-14,20H2,1-6H3/b12-9+/t25-,28?,29?,35-/m1/s1. The van der Waals surface area contributed by atoms with Crippen LogP contribution in [0.15, 0.2) is 54.6 Å². The van der Waals surface area contributed by atoms with Crippen LogP contribution >= 0.6 is 11.6 Å². The highest BCUT2D eigenvalue weighted by Crippen LogP contribution is 2.48. The van der Waals surface area contributed by atoms with Crippen molar-refractivity contribution in [3.05, 3.63) is 87.4 Å². The summed E-state index contributed by atoms with van der Waals surface area (Å²) in [4.78, 5) is 17.4. The Labute approximate surface area is 269 Å². The van der Waals surface area contributed by atoms with Crippen LogP contribution in [0.2, 0.25) is 5.02 Å². The zero-order valence-corrected chi connectivity index (χ0v) is 27.1. The smallest absolute Gasteiger partial charge is 0.330 e. The first kappa shape index (κ1) is 32.2. The van der Waals surface area contributed by atoms with E-state index in [0.29, 0.717) is 40.9 Å². The van der Waals surface area contributed by atoms with Crippen LogP contribution < -0.4 is 18.9 Å². The highest BCUT2D eigenvalue weighted by Gasteiger charge is 2.47. The second-order valence-corrected chi connectivity index (χ2v) is 11.8. The SMILES string of the molecule is COc1cc2c(cc1OC)C(COC(=O)/C=C/c1ccc(Cl)cc1)N1C(C2)[C@H](N(C)C)c2cc(OC)c(OC)cc2C[C@@H]1C#N. The van der Waals surface area contributed by atoms with Gasteiger partial charge in [-0.3, -0.25) is 4.90 Å². The number of hydrogen-bond donors (Lipinski definition) is 0. The Morgan fingerprint density at radius 2 is 1.47 bits per heavy atom. The van der Waals surface area contributed by atoms with Gasteiger partial charge in [-0.15, -0.1) is 0 Å². The van der Waals surface area contributed by atoms with E-state index in [-0.39, 0.29) is 18.7 Å². The van der Waals surface area contributed by atoms with Crippen molar-refractivity contribution in [3.63, 3.8) is 0 Å². The topological polar surface area (TPSA) is 93.5 Å². The van der Waals surface area contributed by atoms with Gasteiger partial charge in [0.25, 0.3) is 0 Å². The molecule has 2 heterocycles. The molecule has 2 aliphatic heterocycles. The Hall–Kier alpha value is -4.23. The number of likely N-dealkylation sites (N-methyl/N-ethyl adjacent to an activating group) is 1. The van der Waals surface area contributed by atoms with E-state index in [9.17, 15) is 10.1 Å². The average molecular weight is 632 g/mol. The molecule has 3 aromatic rings. The molecule has 0 aromatic heterocycles. The summed E-state index contributed by atoms with van der Waals surface area (Å²) in [5.41, 5.74) is 4.87. The molecule has 0 fully saturated rings. The molecule has 0 spiro atoms. The van der Waals surface area contributed by atoms with Crippen LogP contribution in [0.25, 0.3) is 6.08 Å². The quantitative estimate of drug-likeness (QED) is 0.219. The van der Waals surface area contributed by atoms with Crippen molar-refractivity contribution >= 4 is 23.6 Å². The number of nitrogens with zero attached hydrogens (tertiary/aromatic N) is 3. The molecule has 4 atom stereocenters. The van der Waals surface area contributed by atoms with Gasteiger partial charge in [0.2, 0.25) is 0 Å². The number of halogens is 1. The molecule has 0 radical (unpaired) electrons. The molecule has 0 amide bonds. The molecule has 2 unspecified atom stereocenters. The van der Waals surface area contributed by atoms with E-state index in [1.807, 2.05) is 50.5 Å². The highest BCUT2D eigenvalue weighted by atomic mass is 35.5. The van der Waals surface area contributed by atoms with E-state index < -0.39 is 18.1 Å². The van der Waals surface area contributed by atoms with Crippen molar-refractivity contribution in [2.24, 2.45) is 0 Å². The molecule has 0 N–H and O–H groups in total. The molecule has 10 heteroatoms. The van der Waals surface area contributed by atoms with Crippen LogP contribution in [0, 0.1) is 11.3 Å². The van der Waals surface area contributed by atoms with Crippen molar-refractivity contribution in [3.8, 4) is 29.1 Å². The number of hydrogen-bond acceptors (Lipinski definition) is 9. The third kappa shape index (κ3) is 6.45. The van der Waals surface area contributed by atoms with Crippen LogP contribution in [0.3, 0.4) is 0 Å². The lowest BCUT2D eigenvalue weighted by Gasteiger charge is -2.48. The van der Waals surface area contributed by atoms with E-state index in [1.54, 1.807) is 46.6 Å². The minimum Gasteiger partial charge on any atom is -0.493 e. The normalized spacial score (nSPS) is 20.8. The number of carbonyl (C=O) groups is 1. The van der Waals surface area contributed by atoms with E-state index in [1.165, 1.54) is 6.08 Å². The van der Waals surface area contributed by atoms with Crippen molar-refractivity contribution in [2.45, 2.75) is 37.0 Å². The van der Waals surface area contributed by atoms with E-state index in [2.05, 4.69) is 15.9 Å². The molecular weight excluding hydrogens is 594 g/mol. The summed E-state index contributed by atoms with van der Waals surface area (Å²) in [5, 5.41) is 11.3. The van der Waals surface area contributed by atoms with Crippen LogP contribution in [0.5, 0.6) is 23.0 Å². The van der Waals surface area contributed by atoms with E-state index >= 15 is 0 Å². The summed E-state index contributed by atoms with van der Waals surface area (Å²) >= 11 is 6.00. The van der Waals surface area contributed by atoms with E-state index in [0.717, 1.165) is 27.8 Å². The van der Waals surface area contributed by atoms with Crippen molar-refractivity contribution in [1.29, 1.82) is 5.26 Å². The number of benzene rings is 3. The predicted octanol–water partition coefficient (Wildman–Crippen LogP) is 5.65. The van der Waals surface area contributed by atoms with Crippen molar-refractivity contribution in [1.82, 2.24) is 9.80 Å². The highest BCUT2D eigenvalue weighted by molar-refractivity contribution is 6.30. The van der Waals surface area contributed by atoms with Crippen molar-refractivity contribution in [2.75, 3.05) is 49.1 Å². The fourth-order valence-corrected chi connectivity index (χ4v) is 6.76. The second-order valence-electron chi connectivity index (χ2n) is 11.3. The third-order valence-corrected chi connectivity index (χ3v) is 8.90. The van der Waals surface area contributed by atoms with Crippen LogP contribution in [0.1, 0.15) is 39.9 Å². The lowest BCUT2D eigenvalue weighted by molar-refractivity contribution is -0.140. The van der Waals surface area contributed by atoms with Gasteiger partial charge in [0.15, 0.2) is 23.0 Å². The summed E-state index contributed by atoms with van der Waals surface area (Å²) < 4.78 is 28.6. The van der Waals surface area contributed by atoms with Crippen LogP contribution in [0.4, 0.5) is 0 Å². The summed E-state index contributed by atoms with van der Waals surface area (Å²) in [6.45, 7) is 0.0318. The van der Waals surface area contributed by atoms with Gasteiger partial charge in [-0.1, -0.05) is 23.7 Å². The van der Waals surface area contributed by atoms with Gasteiger partial charge in [-0.25, -0.2) is 4.79 Å². The molecule has 236 valence electrons.